The number of hydrogen-bond acceptors (Lipinski definition) is 11. The Kier molecular flexibility index (Phi) is 16.5. The highest BCUT2D eigenvalue weighted by Gasteiger charge is 2.50. The first-order valence-electron chi connectivity index (χ1n) is 24.4. The van der Waals surface area contributed by atoms with Gasteiger partial charge in [-0.25, -0.2) is 4.98 Å². The molecule has 2 N–H and O–H groups in total. The fraction of sp³-hybridized carbons (Fsp3) is 0.444. The van der Waals surface area contributed by atoms with E-state index in [9.17, 15) is 19.2 Å². The Labute approximate surface area is 426 Å². The molecular weight excluding hydrogens is 944 g/mol. The molecule has 3 amide bonds. The minimum Gasteiger partial charge on any atom is -0.469 e. The topological polar surface area (TPSA) is 160 Å². The van der Waals surface area contributed by atoms with Crippen LogP contribution in [0.1, 0.15) is 75.5 Å². The number of nitrogens with zero attached hydrogens (tertiary/aromatic N) is 6. The molecule has 2 aromatic heterocycles. The summed E-state index contributed by atoms with van der Waals surface area (Å²) in [5.74, 6) is 0.000859. The largest absolute Gasteiger partial charge is 0.469 e. The second kappa shape index (κ2) is 22.7. The van der Waals surface area contributed by atoms with Crippen LogP contribution in [-0.4, -0.2) is 116 Å². The van der Waals surface area contributed by atoms with Crippen LogP contribution in [0.5, 0.6) is 11.5 Å². The Bertz CT molecular complexity index is 2660. The average Bonchev–Trinajstić information content (AvgIpc) is 4.10. The number of carbonyl (C=O) groups is 4. The minimum atomic E-state index is -1.12. The SMILES string of the molecule is COC(=O)C[C@@H](Cc1ccccn1)C(=O)N1CCC[C@](Cc2ccc(Cl)cc2)(NC(=O)[C@@H]2COC(C)(C)N2C(=O)[C@H](C)NCc2ccc(Cl)cc2Oc2ccc(-c3cnc(CN4CCCC4)n3C)cc2)C1. The summed E-state index contributed by atoms with van der Waals surface area (Å²) in [5.41, 5.74) is 2.34. The summed E-state index contributed by atoms with van der Waals surface area (Å²) in [4.78, 5) is 71.3. The Morgan fingerprint density at radius 1 is 0.901 bits per heavy atom. The van der Waals surface area contributed by atoms with Crippen LogP contribution in [0.15, 0.2) is 97.3 Å². The van der Waals surface area contributed by atoms with Crippen LogP contribution in [0, 0.1) is 5.92 Å². The van der Waals surface area contributed by atoms with Crippen LogP contribution in [0.2, 0.25) is 10.0 Å². The maximum Gasteiger partial charge on any atom is 0.306 e. The van der Waals surface area contributed by atoms with Gasteiger partial charge in [-0.3, -0.25) is 34.0 Å². The molecule has 376 valence electrons. The molecule has 3 saturated heterocycles. The smallest absolute Gasteiger partial charge is 0.306 e. The summed E-state index contributed by atoms with van der Waals surface area (Å²) in [5, 5.41) is 7.79. The Hall–Kier alpha value is -5.84. The number of esters is 1. The number of ether oxygens (including phenoxy) is 3. The molecule has 0 unspecified atom stereocenters. The third-order valence-corrected chi connectivity index (χ3v) is 14.4. The van der Waals surface area contributed by atoms with E-state index in [4.69, 9.17) is 42.4 Å². The van der Waals surface area contributed by atoms with Gasteiger partial charge >= 0.3 is 5.97 Å². The molecule has 3 aromatic carbocycles. The number of pyridine rings is 1. The molecular formula is C54H64Cl2N8O7. The predicted molar refractivity (Wildman–Crippen MR) is 272 cm³/mol. The molecule has 0 spiro atoms. The highest BCUT2D eigenvalue weighted by Crippen LogP contribution is 2.34. The number of nitrogens with one attached hydrogen (secondary N) is 2. The number of likely N-dealkylation sites (tertiary alicyclic amines) is 2. The fourth-order valence-corrected chi connectivity index (χ4v) is 10.4. The van der Waals surface area contributed by atoms with E-state index in [0.29, 0.717) is 53.0 Å². The quantitative estimate of drug-likeness (QED) is 0.0827. The lowest BCUT2D eigenvalue weighted by Gasteiger charge is -2.45. The van der Waals surface area contributed by atoms with Crippen molar-refractivity contribution < 1.29 is 33.4 Å². The van der Waals surface area contributed by atoms with Crippen molar-refractivity contribution in [2.45, 2.75) is 102 Å². The standard InChI is InChI=1S/C54H64Cl2N8O7/c1-36(58-31-39-14-19-42(56)29-47(39)71-44-20-15-38(16-21-44)45-32-59-48(61(45)4)33-62-24-8-9-25-62)51(67)64-46(34-70-53(64,2)3)50(66)60-54(30-37-12-17-41(55)18-13-37)22-10-26-63(35-54)52(68)40(28-49(65)69-5)27-43-11-6-7-23-57-43/h6-7,11-21,23,29,32,36,40,46,58H,8-10,22,24-28,30-31,33-35H2,1-5H3,(H,60,66)/t36-,40+,46-,54+/m0/s1. The highest BCUT2D eigenvalue weighted by atomic mass is 35.5. The molecule has 5 aromatic rings. The van der Waals surface area contributed by atoms with Crippen molar-refractivity contribution in [3.8, 4) is 22.8 Å². The van der Waals surface area contributed by atoms with Gasteiger partial charge in [0.1, 0.15) is 29.1 Å². The van der Waals surface area contributed by atoms with Gasteiger partial charge in [-0.15, -0.1) is 0 Å². The number of carbonyl (C=O) groups excluding carboxylic acids is 4. The predicted octanol–water partition coefficient (Wildman–Crippen LogP) is 7.76. The third-order valence-electron chi connectivity index (χ3n) is 14.0. The zero-order valence-corrected chi connectivity index (χ0v) is 42.7. The number of aromatic nitrogens is 3. The first-order chi connectivity index (χ1) is 34.1. The van der Waals surface area contributed by atoms with E-state index >= 15 is 0 Å². The zero-order valence-electron chi connectivity index (χ0n) is 41.2. The maximum atomic E-state index is 14.8. The van der Waals surface area contributed by atoms with Crippen molar-refractivity contribution in [1.82, 2.24) is 39.9 Å². The van der Waals surface area contributed by atoms with Crippen molar-refractivity contribution in [1.29, 1.82) is 0 Å². The number of hydrogen-bond donors (Lipinski definition) is 2. The van der Waals surface area contributed by atoms with E-state index in [0.717, 1.165) is 47.8 Å². The van der Waals surface area contributed by atoms with Crippen molar-refractivity contribution in [2.24, 2.45) is 13.0 Å². The molecule has 0 saturated carbocycles. The van der Waals surface area contributed by atoms with Gasteiger partial charge < -0.3 is 34.3 Å². The number of halogens is 2. The fourth-order valence-electron chi connectivity index (χ4n) is 10.1. The molecule has 71 heavy (non-hydrogen) atoms. The van der Waals surface area contributed by atoms with E-state index in [1.807, 2.05) is 60.8 Å². The molecule has 5 heterocycles. The summed E-state index contributed by atoms with van der Waals surface area (Å²) in [6.45, 7) is 9.18. The van der Waals surface area contributed by atoms with Crippen LogP contribution in [-0.2, 0) is 61.6 Å². The van der Waals surface area contributed by atoms with Gasteiger partial charge in [0.25, 0.3) is 0 Å². The molecule has 17 heteroatoms. The number of imidazole rings is 1. The lowest BCUT2D eigenvalue weighted by atomic mass is 9.82. The summed E-state index contributed by atoms with van der Waals surface area (Å²) < 4.78 is 19.7. The third kappa shape index (κ3) is 12.6. The molecule has 3 aliphatic heterocycles. The molecule has 0 bridgehead atoms. The summed E-state index contributed by atoms with van der Waals surface area (Å²) in [6, 6.07) is 24.4. The number of methoxy groups -OCH3 is 1. The number of rotatable bonds is 18. The molecule has 4 atom stereocenters. The number of piperidine rings is 1. The maximum absolute atomic E-state index is 14.8. The van der Waals surface area contributed by atoms with E-state index < -0.39 is 41.1 Å². The first kappa shape index (κ1) is 51.5. The van der Waals surface area contributed by atoms with E-state index in [1.165, 1.54) is 24.9 Å². The van der Waals surface area contributed by atoms with Crippen molar-refractivity contribution >= 4 is 46.9 Å². The summed E-state index contributed by atoms with van der Waals surface area (Å²) >= 11 is 12.8. The number of benzene rings is 3. The Morgan fingerprint density at radius 2 is 1.65 bits per heavy atom. The molecule has 0 aliphatic carbocycles. The van der Waals surface area contributed by atoms with Crippen LogP contribution < -0.4 is 15.4 Å². The molecule has 3 aliphatic rings. The van der Waals surface area contributed by atoms with Gasteiger partial charge in [-0.1, -0.05) is 47.5 Å². The van der Waals surface area contributed by atoms with E-state index in [1.54, 1.807) is 62.2 Å². The second-order valence-electron chi connectivity index (χ2n) is 19.5. The number of amides is 3. The van der Waals surface area contributed by atoms with Crippen molar-refractivity contribution in [3.05, 3.63) is 130 Å². The van der Waals surface area contributed by atoms with Crippen LogP contribution >= 0.6 is 23.2 Å². The summed E-state index contributed by atoms with van der Waals surface area (Å²) in [6.07, 6.45) is 7.66. The minimum absolute atomic E-state index is 0.0312. The first-order valence-corrected chi connectivity index (χ1v) is 25.2. The van der Waals surface area contributed by atoms with E-state index in [-0.39, 0.29) is 44.4 Å². The van der Waals surface area contributed by atoms with Crippen molar-refractivity contribution in [2.75, 3.05) is 39.9 Å². The second-order valence-corrected chi connectivity index (χ2v) is 20.4. The molecule has 0 radical (unpaired) electrons. The van der Waals surface area contributed by atoms with Crippen LogP contribution in [0.4, 0.5) is 0 Å². The van der Waals surface area contributed by atoms with Gasteiger partial charge in [0.2, 0.25) is 17.7 Å². The van der Waals surface area contributed by atoms with Crippen LogP contribution in [0.25, 0.3) is 11.3 Å². The van der Waals surface area contributed by atoms with Gasteiger partial charge in [-0.2, -0.15) is 0 Å². The molecule has 15 nitrogen and oxygen atoms in total. The lowest BCUT2D eigenvalue weighted by Crippen LogP contribution is -2.65. The van der Waals surface area contributed by atoms with E-state index in [2.05, 4.69) is 32.1 Å². The van der Waals surface area contributed by atoms with Gasteiger partial charge in [0, 0.05) is 66.2 Å². The molecule has 8 rings (SSSR count). The summed E-state index contributed by atoms with van der Waals surface area (Å²) in [7, 11) is 3.35. The Morgan fingerprint density at radius 3 is 2.37 bits per heavy atom. The van der Waals surface area contributed by atoms with Gasteiger partial charge in [0.05, 0.1) is 56.1 Å². The average molecular weight is 1010 g/mol. The Balaban J connectivity index is 0.954. The normalized spacial score (nSPS) is 19.8. The van der Waals surface area contributed by atoms with Crippen molar-refractivity contribution in [3.63, 3.8) is 0 Å². The monoisotopic (exact) mass is 1010 g/mol. The highest BCUT2D eigenvalue weighted by molar-refractivity contribution is 6.31. The van der Waals surface area contributed by atoms with Gasteiger partial charge in [0.15, 0.2) is 0 Å². The molecule has 3 fully saturated rings. The zero-order chi connectivity index (χ0) is 50.3. The van der Waals surface area contributed by atoms with Gasteiger partial charge in [-0.05, 0) is 132 Å². The van der Waals surface area contributed by atoms with Crippen LogP contribution in [0.3, 0.4) is 0 Å². The lowest BCUT2D eigenvalue weighted by molar-refractivity contribution is -0.152.